The molecule has 5 nitrogen and oxygen atoms in total. The minimum absolute atomic E-state index is 0.0230. The van der Waals surface area contributed by atoms with E-state index in [1.165, 1.54) is 0 Å². The van der Waals surface area contributed by atoms with Gasteiger partial charge in [-0.2, -0.15) is 0 Å². The number of piperidine rings is 1. The first kappa shape index (κ1) is 15.5. The van der Waals surface area contributed by atoms with E-state index in [4.69, 9.17) is 5.73 Å². The minimum atomic E-state index is -0.0857. The van der Waals surface area contributed by atoms with Gasteiger partial charge in [-0.05, 0) is 24.0 Å². The van der Waals surface area contributed by atoms with Gasteiger partial charge in [-0.1, -0.05) is 24.3 Å². The molecule has 5 heteroatoms. The Morgan fingerprint density at radius 3 is 2.71 bits per heavy atom. The number of hydrogen-bond acceptors (Lipinski definition) is 3. The van der Waals surface area contributed by atoms with Crippen LogP contribution in [0, 0.1) is 5.92 Å². The van der Waals surface area contributed by atoms with E-state index in [9.17, 15) is 9.59 Å². The maximum Gasteiger partial charge on any atom is 0.227 e. The van der Waals surface area contributed by atoms with Crippen LogP contribution in [-0.4, -0.2) is 36.9 Å². The third kappa shape index (κ3) is 3.82. The van der Waals surface area contributed by atoms with Crippen molar-refractivity contribution >= 4 is 11.8 Å². The van der Waals surface area contributed by atoms with Gasteiger partial charge < -0.3 is 16.0 Å². The summed E-state index contributed by atoms with van der Waals surface area (Å²) >= 11 is 0. The summed E-state index contributed by atoms with van der Waals surface area (Å²) < 4.78 is 0. The second-order valence-corrected chi connectivity index (χ2v) is 5.44. The van der Waals surface area contributed by atoms with Crippen LogP contribution in [0.3, 0.4) is 0 Å². The number of nitrogens with two attached hydrogens (primary N) is 1. The number of hydrogen-bond donors (Lipinski definition) is 2. The van der Waals surface area contributed by atoms with Gasteiger partial charge in [-0.15, -0.1) is 0 Å². The summed E-state index contributed by atoms with van der Waals surface area (Å²) in [4.78, 5) is 26.0. The van der Waals surface area contributed by atoms with Crippen LogP contribution in [0.5, 0.6) is 0 Å². The van der Waals surface area contributed by atoms with Gasteiger partial charge in [0.15, 0.2) is 0 Å². The maximum absolute atomic E-state index is 12.4. The number of nitrogens with zero attached hydrogens (tertiary/aromatic N) is 1. The van der Waals surface area contributed by atoms with Gasteiger partial charge in [-0.25, -0.2) is 0 Å². The molecule has 1 fully saturated rings. The number of nitrogens with one attached hydrogen (secondary N) is 1. The largest absolute Gasteiger partial charge is 0.359 e. The molecule has 1 aromatic carbocycles. The molecular formula is C16H23N3O2. The molecule has 2 rings (SSSR count). The summed E-state index contributed by atoms with van der Waals surface area (Å²) in [6.07, 6.45) is 2.08. The highest BCUT2D eigenvalue weighted by Gasteiger charge is 2.27. The Hall–Kier alpha value is -1.88. The van der Waals surface area contributed by atoms with E-state index in [1.807, 2.05) is 24.3 Å². The molecule has 0 radical (unpaired) electrons. The van der Waals surface area contributed by atoms with Crippen molar-refractivity contribution in [3.05, 3.63) is 35.4 Å². The van der Waals surface area contributed by atoms with E-state index in [0.29, 0.717) is 19.5 Å². The average Bonchev–Trinajstić information content (AvgIpc) is 2.54. The van der Waals surface area contributed by atoms with Gasteiger partial charge in [0.2, 0.25) is 11.8 Å². The Morgan fingerprint density at radius 1 is 1.33 bits per heavy atom. The van der Waals surface area contributed by atoms with E-state index in [-0.39, 0.29) is 17.7 Å². The molecule has 1 aliphatic heterocycles. The van der Waals surface area contributed by atoms with Crippen LogP contribution in [0.25, 0.3) is 0 Å². The normalized spacial score (nSPS) is 18.4. The van der Waals surface area contributed by atoms with Crippen molar-refractivity contribution in [3.63, 3.8) is 0 Å². The Morgan fingerprint density at radius 2 is 2.05 bits per heavy atom. The van der Waals surface area contributed by atoms with Crippen molar-refractivity contribution < 1.29 is 9.59 Å². The lowest BCUT2D eigenvalue weighted by atomic mass is 9.96. The van der Waals surface area contributed by atoms with Crippen molar-refractivity contribution in [1.29, 1.82) is 0 Å². The van der Waals surface area contributed by atoms with Gasteiger partial charge >= 0.3 is 0 Å². The fourth-order valence-electron chi connectivity index (χ4n) is 2.83. The van der Waals surface area contributed by atoms with Gasteiger partial charge in [-0.3, -0.25) is 9.59 Å². The third-order valence-corrected chi connectivity index (χ3v) is 4.07. The molecule has 1 aromatic rings. The molecular weight excluding hydrogens is 266 g/mol. The fraction of sp³-hybridized carbons (Fsp3) is 0.500. The lowest BCUT2D eigenvalue weighted by Crippen LogP contribution is -2.45. The van der Waals surface area contributed by atoms with E-state index >= 15 is 0 Å². The molecule has 0 aliphatic carbocycles. The first-order valence-corrected chi connectivity index (χ1v) is 7.42. The molecule has 21 heavy (non-hydrogen) atoms. The van der Waals surface area contributed by atoms with E-state index < -0.39 is 0 Å². The zero-order valence-electron chi connectivity index (χ0n) is 12.5. The minimum Gasteiger partial charge on any atom is -0.359 e. The summed E-state index contributed by atoms with van der Waals surface area (Å²) in [5, 5.41) is 2.67. The molecule has 1 saturated heterocycles. The van der Waals surface area contributed by atoms with Crippen molar-refractivity contribution in [3.8, 4) is 0 Å². The second-order valence-electron chi connectivity index (χ2n) is 5.44. The van der Waals surface area contributed by atoms with Gasteiger partial charge in [0.05, 0.1) is 12.3 Å². The van der Waals surface area contributed by atoms with Crippen LogP contribution in [-0.2, 0) is 22.6 Å². The summed E-state index contributed by atoms with van der Waals surface area (Å²) in [6.45, 7) is 1.69. The molecule has 1 aliphatic rings. The Bertz CT molecular complexity index is 516. The van der Waals surface area contributed by atoms with Crippen molar-refractivity contribution in [2.45, 2.75) is 25.8 Å². The van der Waals surface area contributed by atoms with Crippen molar-refractivity contribution in [1.82, 2.24) is 10.2 Å². The third-order valence-electron chi connectivity index (χ3n) is 4.07. The van der Waals surface area contributed by atoms with E-state index in [0.717, 1.165) is 30.5 Å². The Labute approximate surface area is 125 Å². The smallest absolute Gasteiger partial charge is 0.227 e. The Kier molecular flexibility index (Phi) is 5.33. The molecule has 2 amide bonds. The second kappa shape index (κ2) is 7.22. The molecule has 0 spiro atoms. The van der Waals surface area contributed by atoms with Crippen LogP contribution in [0.1, 0.15) is 24.0 Å². The van der Waals surface area contributed by atoms with Crippen molar-refractivity contribution in [2.75, 3.05) is 20.1 Å². The molecule has 0 bridgehead atoms. The number of amides is 2. The highest BCUT2D eigenvalue weighted by atomic mass is 16.2. The average molecular weight is 289 g/mol. The summed E-state index contributed by atoms with van der Waals surface area (Å²) in [5.41, 5.74) is 7.69. The van der Waals surface area contributed by atoms with Crippen molar-refractivity contribution in [2.24, 2.45) is 11.7 Å². The first-order valence-electron chi connectivity index (χ1n) is 7.42. The molecule has 0 aromatic heterocycles. The highest BCUT2D eigenvalue weighted by molar-refractivity contribution is 5.82. The molecule has 0 saturated carbocycles. The molecule has 1 heterocycles. The summed E-state index contributed by atoms with van der Waals surface area (Å²) in [5.74, 6) is 0.0109. The number of rotatable bonds is 4. The standard InChI is InChI=1S/C16H23N3O2/c1-18-16(21)14-7-4-8-19(11-14)15(20)9-12-5-2-3-6-13(12)10-17/h2-3,5-6,14H,4,7-11,17H2,1H3,(H,18,21). The topological polar surface area (TPSA) is 75.4 Å². The summed E-state index contributed by atoms with van der Waals surface area (Å²) in [6, 6.07) is 7.75. The van der Waals surface area contributed by atoms with Crippen LogP contribution >= 0.6 is 0 Å². The first-order chi connectivity index (χ1) is 10.2. The quantitative estimate of drug-likeness (QED) is 0.855. The lowest BCUT2D eigenvalue weighted by molar-refractivity contribution is -0.135. The highest BCUT2D eigenvalue weighted by Crippen LogP contribution is 2.18. The van der Waals surface area contributed by atoms with Crippen LogP contribution in [0.4, 0.5) is 0 Å². The van der Waals surface area contributed by atoms with Gasteiger partial charge in [0, 0.05) is 26.7 Å². The predicted molar refractivity (Wildman–Crippen MR) is 81.4 cm³/mol. The van der Waals surface area contributed by atoms with Crippen LogP contribution in [0.2, 0.25) is 0 Å². The lowest BCUT2D eigenvalue weighted by Gasteiger charge is -2.32. The predicted octanol–water partition coefficient (Wildman–Crippen LogP) is 0.672. The molecule has 1 atom stereocenters. The maximum atomic E-state index is 12.4. The SMILES string of the molecule is CNC(=O)C1CCCN(C(=O)Cc2ccccc2CN)C1. The van der Waals surface area contributed by atoms with Crippen LogP contribution in [0.15, 0.2) is 24.3 Å². The number of carbonyl (C=O) groups excluding carboxylic acids is 2. The van der Waals surface area contributed by atoms with E-state index in [1.54, 1.807) is 11.9 Å². The zero-order valence-corrected chi connectivity index (χ0v) is 12.5. The summed E-state index contributed by atoms with van der Waals surface area (Å²) in [7, 11) is 1.64. The fourth-order valence-corrected chi connectivity index (χ4v) is 2.83. The van der Waals surface area contributed by atoms with Crippen LogP contribution < -0.4 is 11.1 Å². The molecule has 1 unspecified atom stereocenters. The zero-order chi connectivity index (χ0) is 15.2. The van der Waals surface area contributed by atoms with Gasteiger partial charge in [0.1, 0.15) is 0 Å². The molecule has 3 N–H and O–H groups in total. The van der Waals surface area contributed by atoms with Gasteiger partial charge in [0.25, 0.3) is 0 Å². The molecule has 114 valence electrons. The van der Waals surface area contributed by atoms with E-state index in [2.05, 4.69) is 5.32 Å². The number of benzene rings is 1. The number of likely N-dealkylation sites (tertiary alicyclic amines) is 1. The Balaban J connectivity index is 2.01. The monoisotopic (exact) mass is 289 g/mol. The number of carbonyl (C=O) groups is 2.